The van der Waals surface area contributed by atoms with Crippen LogP contribution < -0.4 is 4.90 Å². The van der Waals surface area contributed by atoms with Crippen molar-refractivity contribution in [3.8, 4) is 0 Å². The molecule has 112 valence electrons. The molecule has 2 rings (SSSR count). The number of carbonyl (C=O) groups is 1. The quantitative estimate of drug-likeness (QED) is 0.711. The zero-order valence-corrected chi connectivity index (χ0v) is 12.9. The van der Waals surface area contributed by atoms with E-state index in [9.17, 15) is 4.79 Å². The SMILES string of the molecule is CN(C)CCN(C)c1nnc(SCC(=O)O)n1C1CC1. The van der Waals surface area contributed by atoms with Crippen molar-refractivity contribution in [1.82, 2.24) is 19.7 Å². The number of hydrogen-bond donors (Lipinski definition) is 1. The topological polar surface area (TPSA) is 74.5 Å². The Bertz CT molecular complexity index is 472. The summed E-state index contributed by atoms with van der Waals surface area (Å²) in [7, 11) is 6.07. The van der Waals surface area contributed by atoms with Gasteiger partial charge in [0, 0.05) is 26.2 Å². The molecule has 0 radical (unpaired) electrons. The van der Waals surface area contributed by atoms with E-state index in [1.807, 2.05) is 21.1 Å². The molecule has 1 aromatic heterocycles. The molecule has 0 aliphatic heterocycles. The molecular formula is C12H21N5O2S. The Morgan fingerprint density at radius 2 is 2.05 bits per heavy atom. The molecule has 1 aromatic rings. The second-order valence-electron chi connectivity index (χ2n) is 5.29. The molecule has 1 N–H and O–H groups in total. The van der Waals surface area contributed by atoms with Gasteiger partial charge in [-0.05, 0) is 26.9 Å². The van der Waals surface area contributed by atoms with E-state index in [1.165, 1.54) is 11.8 Å². The third kappa shape index (κ3) is 3.86. The number of aromatic nitrogens is 3. The molecule has 0 amide bonds. The Morgan fingerprint density at radius 1 is 1.35 bits per heavy atom. The fourth-order valence-corrected chi connectivity index (χ4v) is 2.58. The third-order valence-electron chi connectivity index (χ3n) is 3.11. The number of rotatable bonds is 8. The number of thioether (sulfide) groups is 1. The molecule has 0 unspecified atom stereocenters. The predicted molar refractivity (Wildman–Crippen MR) is 78.5 cm³/mol. The maximum atomic E-state index is 10.7. The van der Waals surface area contributed by atoms with Gasteiger partial charge in [-0.3, -0.25) is 9.36 Å². The smallest absolute Gasteiger partial charge is 0.313 e. The summed E-state index contributed by atoms with van der Waals surface area (Å²) in [6, 6.07) is 0.429. The first kappa shape index (κ1) is 15.1. The first-order chi connectivity index (χ1) is 9.49. The van der Waals surface area contributed by atoms with Gasteiger partial charge in [-0.1, -0.05) is 11.8 Å². The van der Waals surface area contributed by atoms with E-state index in [-0.39, 0.29) is 5.75 Å². The van der Waals surface area contributed by atoms with Crippen molar-refractivity contribution in [3.05, 3.63) is 0 Å². The van der Waals surface area contributed by atoms with Crippen LogP contribution >= 0.6 is 11.8 Å². The maximum absolute atomic E-state index is 10.7. The van der Waals surface area contributed by atoms with Gasteiger partial charge in [0.05, 0.1) is 5.75 Å². The molecular weight excluding hydrogens is 278 g/mol. The number of anilines is 1. The number of nitrogens with zero attached hydrogens (tertiary/aromatic N) is 5. The summed E-state index contributed by atoms with van der Waals surface area (Å²) < 4.78 is 2.09. The number of carboxylic acid groups (broad SMARTS) is 1. The highest BCUT2D eigenvalue weighted by Crippen LogP contribution is 2.40. The summed E-state index contributed by atoms with van der Waals surface area (Å²) in [6.07, 6.45) is 2.24. The summed E-state index contributed by atoms with van der Waals surface area (Å²) in [5, 5.41) is 17.9. The van der Waals surface area contributed by atoms with Crippen LogP contribution in [0.3, 0.4) is 0 Å². The lowest BCUT2D eigenvalue weighted by Crippen LogP contribution is -2.30. The van der Waals surface area contributed by atoms with Crippen molar-refractivity contribution in [2.45, 2.75) is 24.0 Å². The predicted octanol–water partition coefficient (Wildman–Crippen LogP) is 0.787. The van der Waals surface area contributed by atoms with Crippen LogP contribution in [0.5, 0.6) is 0 Å². The molecule has 1 fully saturated rings. The summed E-state index contributed by atoms with van der Waals surface area (Å²) in [4.78, 5) is 14.9. The van der Waals surface area contributed by atoms with E-state index >= 15 is 0 Å². The fraction of sp³-hybridized carbons (Fsp3) is 0.750. The second-order valence-corrected chi connectivity index (χ2v) is 6.23. The molecule has 0 saturated heterocycles. The van der Waals surface area contributed by atoms with Gasteiger partial charge in [-0.25, -0.2) is 0 Å². The average Bonchev–Trinajstić information content (AvgIpc) is 3.13. The molecule has 1 aliphatic carbocycles. The van der Waals surface area contributed by atoms with E-state index in [0.29, 0.717) is 11.2 Å². The minimum absolute atomic E-state index is 0.0201. The molecule has 0 atom stereocenters. The lowest BCUT2D eigenvalue weighted by Gasteiger charge is -2.21. The normalized spacial score (nSPS) is 14.8. The van der Waals surface area contributed by atoms with Crippen LogP contribution in [0.25, 0.3) is 0 Å². The minimum Gasteiger partial charge on any atom is -0.481 e. The third-order valence-corrected chi connectivity index (χ3v) is 4.04. The average molecular weight is 299 g/mol. The van der Waals surface area contributed by atoms with Crippen LogP contribution in [0.1, 0.15) is 18.9 Å². The molecule has 1 heterocycles. The standard InChI is InChI=1S/C12H21N5O2S/c1-15(2)6-7-16(3)11-13-14-12(20-8-10(18)19)17(11)9-4-5-9/h9H,4-8H2,1-3H3,(H,18,19). The van der Waals surface area contributed by atoms with Gasteiger partial charge in [-0.2, -0.15) is 0 Å². The summed E-state index contributed by atoms with van der Waals surface area (Å²) >= 11 is 1.24. The Balaban J connectivity index is 2.10. The highest BCUT2D eigenvalue weighted by atomic mass is 32.2. The first-order valence-corrected chi connectivity index (χ1v) is 7.63. The number of likely N-dealkylation sites (N-methyl/N-ethyl adjacent to an activating group) is 2. The van der Waals surface area contributed by atoms with Crippen LogP contribution in [0, 0.1) is 0 Å². The second kappa shape index (κ2) is 6.45. The van der Waals surface area contributed by atoms with E-state index in [2.05, 4.69) is 24.6 Å². The zero-order chi connectivity index (χ0) is 14.7. The van der Waals surface area contributed by atoms with Crippen molar-refractivity contribution in [2.75, 3.05) is 44.9 Å². The van der Waals surface area contributed by atoms with Crippen molar-refractivity contribution in [3.63, 3.8) is 0 Å². The van der Waals surface area contributed by atoms with Crippen molar-refractivity contribution >= 4 is 23.7 Å². The minimum atomic E-state index is -0.831. The Kier molecular flexibility index (Phi) is 4.87. The summed E-state index contributed by atoms with van der Waals surface area (Å²) in [6.45, 7) is 1.80. The monoisotopic (exact) mass is 299 g/mol. The van der Waals surface area contributed by atoms with Gasteiger partial charge in [0.15, 0.2) is 5.16 Å². The highest BCUT2D eigenvalue weighted by Gasteiger charge is 2.31. The van der Waals surface area contributed by atoms with Crippen LogP contribution in [0.4, 0.5) is 5.95 Å². The van der Waals surface area contributed by atoms with Gasteiger partial charge >= 0.3 is 5.97 Å². The van der Waals surface area contributed by atoms with E-state index in [1.54, 1.807) is 0 Å². The molecule has 1 aliphatic rings. The van der Waals surface area contributed by atoms with Crippen LogP contribution in [0.15, 0.2) is 5.16 Å². The zero-order valence-electron chi connectivity index (χ0n) is 12.1. The number of hydrogen-bond acceptors (Lipinski definition) is 6. The fourth-order valence-electron chi connectivity index (χ4n) is 1.86. The van der Waals surface area contributed by atoms with Crippen LogP contribution in [0.2, 0.25) is 0 Å². The van der Waals surface area contributed by atoms with Gasteiger partial charge in [0.25, 0.3) is 0 Å². The summed E-state index contributed by atoms with van der Waals surface area (Å²) in [5.74, 6) is 0.0248. The lowest BCUT2D eigenvalue weighted by molar-refractivity contribution is -0.133. The van der Waals surface area contributed by atoms with Gasteiger partial charge in [-0.15, -0.1) is 10.2 Å². The number of aliphatic carboxylic acids is 1. The molecule has 20 heavy (non-hydrogen) atoms. The Labute approximate surface area is 123 Å². The number of carboxylic acids is 1. The van der Waals surface area contributed by atoms with Crippen molar-refractivity contribution < 1.29 is 9.90 Å². The largest absolute Gasteiger partial charge is 0.481 e. The molecule has 8 heteroatoms. The first-order valence-electron chi connectivity index (χ1n) is 6.64. The molecule has 7 nitrogen and oxygen atoms in total. The summed E-state index contributed by atoms with van der Waals surface area (Å²) in [5.41, 5.74) is 0. The highest BCUT2D eigenvalue weighted by molar-refractivity contribution is 7.99. The van der Waals surface area contributed by atoms with Crippen molar-refractivity contribution in [2.24, 2.45) is 0 Å². The van der Waals surface area contributed by atoms with Crippen molar-refractivity contribution in [1.29, 1.82) is 0 Å². The molecule has 1 saturated carbocycles. The van der Waals surface area contributed by atoms with E-state index in [4.69, 9.17) is 5.11 Å². The maximum Gasteiger partial charge on any atom is 0.313 e. The van der Waals surface area contributed by atoms with E-state index < -0.39 is 5.97 Å². The van der Waals surface area contributed by atoms with Gasteiger partial charge in [0.1, 0.15) is 0 Å². The van der Waals surface area contributed by atoms with Crippen LogP contribution in [-0.2, 0) is 4.79 Å². The lowest BCUT2D eigenvalue weighted by atomic mass is 10.5. The molecule has 0 aromatic carbocycles. The Morgan fingerprint density at radius 3 is 2.60 bits per heavy atom. The molecule has 0 spiro atoms. The van der Waals surface area contributed by atoms with Gasteiger partial charge < -0.3 is 14.9 Å². The van der Waals surface area contributed by atoms with Gasteiger partial charge in [0.2, 0.25) is 5.95 Å². The molecule has 0 bridgehead atoms. The Hall–Kier alpha value is -1.28. The van der Waals surface area contributed by atoms with E-state index in [0.717, 1.165) is 31.9 Å². The van der Waals surface area contributed by atoms with Crippen LogP contribution in [-0.4, -0.2) is 70.7 Å².